The van der Waals surface area contributed by atoms with Gasteiger partial charge in [-0.2, -0.15) is 0 Å². The molecule has 0 fully saturated rings. The third-order valence-corrected chi connectivity index (χ3v) is 3.18. The molecule has 17 heavy (non-hydrogen) atoms. The predicted octanol–water partition coefficient (Wildman–Crippen LogP) is 3.25. The average Bonchev–Trinajstić information content (AvgIpc) is 2.47. The summed E-state index contributed by atoms with van der Waals surface area (Å²) in [6.07, 6.45) is 5.96. The van der Waals surface area contributed by atoms with Crippen LogP contribution in [0.25, 0.3) is 0 Å². The molecule has 3 nitrogen and oxygen atoms in total. The molecule has 0 aromatic heterocycles. The van der Waals surface area contributed by atoms with Crippen molar-refractivity contribution in [2.75, 3.05) is 11.6 Å². The molecule has 88 valence electrons. The van der Waals surface area contributed by atoms with E-state index in [0.717, 1.165) is 22.0 Å². The number of amidine groups is 1. The van der Waals surface area contributed by atoms with Gasteiger partial charge in [-0.05, 0) is 25.3 Å². The van der Waals surface area contributed by atoms with E-state index in [2.05, 4.69) is 10.3 Å². The molecule has 1 aliphatic rings. The Kier molecular flexibility index (Phi) is 3.54. The van der Waals surface area contributed by atoms with Gasteiger partial charge in [-0.3, -0.25) is 0 Å². The van der Waals surface area contributed by atoms with Gasteiger partial charge in [-0.1, -0.05) is 24.3 Å². The number of hydrogen-bond donors (Lipinski definition) is 2. The van der Waals surface area contributed by atoms with Crippen molar-refractivity contribution in [3.8, 4) is 0 Å². The Morgan fingerprint density at radius 1 is 1.35 bits per heavy atom. The minimum absolute atomic E-state index is 0.546. The van der Waals surface area contributed by atoms with E-state index < -0.39 is 0 Å². The summed E-state index contributed by atoms with van der Waals surface area (Å²) in [7, 11) is 0. The quantitative estimate of drug-likeness (QED) is 0.841. The van der Waals surface area contributed by atoms with Crippen LogP contribution in [0.4, 0.5) is 11.4 Å². The number of anilines is 1. The molecule has 0 spiro atoms. The van der Waals surface area contributed by atoms with E-state index in [1.165, 1.54) is 0 Å². The van der Waals surface area contributed by atoms with Gasteiger partial charge >= 0.3 is 0 Å². The van der Waals surface area contributed by atoms with Crippen LogP contribution in [0.1, 0.15) is 6.92 Å². The number of nitrogens with two attached hydrogens (primary N) is 1. The lowest BCUT2D eigenvalue weighted by atomic mass is 10.2. The van der Waals surface area contributed by atoms with Crippen molar-refractivity contribution >= 4 is 29.0 Å². The number of rotatable bonds is 2. The zero-order valence-electron chi connectivity index (χ0n) is 9.90. The smallest absolute Gasteiger partial charge is 0.134 e. The van der Waals surface area contributed by atoms with Crippen molar-refractivity contribution < 1.29 is 0 Å². The number of para-hydroxylation sites is 2. The first kappa shape index (κ1) is 11.8. The van der Waals surface area contributed by atoms with Gasteiger partial charge in [0.05, 0.1) is 16.4 Å². The number of allylic oxidation sites excluding steroid dienone is 1. The monoisotopic (exact) mass is 245 g/mol. The fraction of sp³-hybridized carbons (Fsp3) is 0.154. The molecule has 1 aromatic carbocycles. The zero-order chi connectivity index (χ0) is 12.3. The maximum absolute atomic E-state index is 6.03. The number of fused-ring (bicyclic) bond motifs is 1. The van der Waals surface area contributed by atoms with Crippen LogP contribution in [0.5, 0.6) is 0 Å². The minimum atomic E-state index is 0.546. The van der Waals surface area contributed by atoms with E-state index in [0.29, 0.717) is 5.84 Å². The third-order valence-electron chi connectivity index (χ3n) is 2.45. The molecule has 2 rings (SSSR count). The van der Waals surface area contributed by atoms with Crippen LogP contribution in [0, 0.1) is 0 Å². The third kappa shape index (κ3) is 2.36. The van der Waals surface area contributed by atoms with Gasteiger partial charge in [0.25, 0.3) is 0 Å². The second-order valence-electron chi connectivity index (χ2n) is 3.59. The number of thioether (sulfide) groups is 1. The molecule has 0 saturated carbocycles. The molecule has 1 aliphatic heterocycles. The fourth-order valence-corrected chi connectivity index (χ4v) is 2.27. The SMILES string of the molecule is C/C=C/C1=C(SC)Nc2ccccc2N=C1N. The van der Waals surface area contributed by atoms with E-state index in [9.17, 15) is 0 Å². The maximum atomic E-state index is 6.03. The van der Waals surface area contributed by atoms with Crippen LogP contribution < -0.4 is 11.1 Å². The highest BCUT2D eigenvalue weighted by molar-refractivity contribution is 8.02. The van der Waals surface area contributed by atoms with Crippen LogP contribution in [0.2, 0.25) is 0 Å². The van der Waals surface area contributed by atoms with E-state index >= 15 is 0 Å². The Morgan fingerprint density at radius 3 is 2.82 bits per heavy atom. The van der Waals surface area contributed by atoms with Crippen LogP contribution in [-0.2, 0) is 0 Å². The Balaban J connectivity index is 2.57. The van der Waals surface area contributed by atoms with Gasteiger partial charge in [0, 0.05) is 5.57 Å². The first-order valence-corrected chi connectivity index (χ1v) is 6.60. The maximum Gasteiger partial charge on any atom is 0.134 e. The molecule has 0 amide bonds. The van der Waals surface area contributed by atoms with Gasteiger partial charge < -0.3 is 11.1 Å². The lowest BCUT2D eigenvalue weighted by Gasteiger charge is -2.10. The van der Waals surface area contributed by atoms with E-state index in [-0.39, 0.29) is 0 Å². The average molecular weight is 245 g/mol. The lowest BCUT2D eigenvalue weighted by Crippen LogP contribution is -2.15. The summed E-state index contributed by atoms with van der Waals surface area (Å²) < 4.78 is 0. The zero-order valence-corrected chi connectivity index (χ0v) is 10.7. The molecule has 0 bridgehead atoms. The first-order chi connectivity index (χ1) is 8.26. The van der Waals surface area contributed by atoms with E-state index in [4.69, 9.17) is 5.73 Å². The summed E-state index contributed by atoms with van der Waals surface area (Å²) in [5, 5.41) is 4.39. The van der Waals surface area contributed by atoms with Crippen LogP contribution in [-0.4, -0.2) is 12.1 Å². The Hall–Kier alpha value is -1.68. The molecule has 1 aromatic rings. The highest BCUT2D eigenvalue weighted by Gasteiger charge is 2.14. The minimum Gasteiger partial charge on any atom is -0.383 e. The largest absolute Gasteiger partial charge is 0.383 e. The van der Waals surface area contributed by atoms with Gasteiger partial charge in [0.1, 0.15) is 5.84 Å². The standard InChI is InChI=1S/C13H15N3S/c1-3-6-9-12(14)15-10-7-4-5-8-11(10)16-13(9)17-2/h3-8,16H,1-2H3,(H2,14,15)/b6-3+. The normalized spacial score (nSPS) is 15.3. The summed E-state index contributed by atoms with van der Waals surface area (Å²) in [5.74, 6) is 0.546. The lowest BCUT2D eigenvalue weighted by molar-refractivity contribution is 1.48. The van der Waals surface area contributed by atoms with Gasteiger partial charge in [-0.25, -0.2) is 4.99 Å². The number of nitrogens with zero attached hydrogens (tertiary/aromatic N) is 1. The van der Waals surface area contributed by atoms with Gasteiger partial charge in [-0.15, -0.1) is 11.8 Å². The summed E-state index contributed by atoms with van der Waals surface area (Å²) >= 11 is 1.63. The number of nitrogens with one attached hydrogen (secondary N) is 1. The van der Waals surface area contributed by atoms with Gasteiger partial charge in [0.2, 0.25) is 0 Å². The van der Waals surface area contributed by atoms with Crippen molar-refractivity contribution in [3.05, 3.63) is 47.0 Å². The molecule has 3 N–H and O–H groups in total. The number of hydrogen-bond acceptors (Lipinski definition) is 4. The van der Waals surface area contributed by atoms with Crippen molar-refractivity contribution in [3.63, 3.8) is 0 Å². The summed E-state index contributed by atoms with van der Waals surface area (Å²) in [4.78, 5) is 4.45. The molecule has 0 aliphatic carbocycles. The van der Waals surface area contributed by atoms with E-state index in [1.54, 1.807) is 11.8 Å². The molecule has 0 radical (unpaired) electrons. The number of aliphatic imine (C=N–C) groups is 1. The molecule has 4 heteroatoms. The predicted molar refractivity (Wildman–Crippen MR) is 76.7 cm³/mol. The van der Waals surface area contributed by atoms with E-state index in [1.807, 2.05) is 49.6 Å². The Bertz CT molecular complexity index is 515. The van der Waals surface area contributed by atoms with Gasteiger partial charge in [0.15, 0.2) is 0 Å². The fourth-order valence-electron chi connectivity index (χ4n) is 1.66. The molecule has 1 heterocycles. The molecular formula is C13H15N3S. The molecule has 0 saturated heterocycles. The van der Waals surface area contributed by atoms with Crippen LogP contribution >= 0.6 is 11.8 Å². The first-order valence-electron chi connectivity index (χ1n) is 5.37. The van der Waals surface area contributed by atoms with Crippen molar-refractivity contribution in [1.29, 1.82) is 0 Å². The van der Waals surface area contributed by atoms with Crippen molar-refractivity contribution in [2.24, 2.45) is 10.7 Å². The molecule has 0 unspecified atom stereocenters. The summed E-state index contributed by atoms with van der Waals surface area (Å²) in [5.41, 5.74) is 8.83. The Labute approximate surface area is 106 Å². The topological polar surface area (TPSA) is 50.4 Å². The highest BCUT2D eigenvalue weighted by Crippen LogP contribution is 2.32. The molecular weight excluding hydrogens is 230 g/mol. The summed E-state index contributed by atoms with van der Waals surface area (Å²) in [6, 6.07) is 7.89. The number of benzene rings is 1. The second-order valence-corrected chi connectivity index (χ2v) is 4.40. The van der Waals surface area contributed by atoms with Crippen LogP contribution in [0.3, 0.4) is 0 Å². The van der Waals surface area contributed by atoms with Crippen LogP contribution in [0.15, 0.2) is 52.0 Å². The Morgan fingerprint density at radius 2 is 2.12 bits per heavy atom. The van der Waals surface area contributed by atoms with Crippen molar-refractivity contribution in [1.82, 2.24) is 0 Å². The highest BCUT2D eigenvalue weighted by atomic mass is 32.2. The second kappa shape index (κ2) is 5.10. The molecule has 0 atom stereocenters. The van der Waals surface area contributed by atoms with Crippen molar-refractivity contribution in [2.45, 2.75) is 6.92 Å². The summed E-state index contributed by atoms with van der Waals surface area (Å²) in [6.45, 7) is 1.97.